The first-order valence-corrected chi connectivity index (χ1v) is 3.87. The maximum Gasteiger partial charge on any atom is 0.179 e. The zero-order valence-electron chi connectivity index (χ0n) is 10.2. The van der Waals surface area contributed by atoms with E-state index in [-0.39, 0.29) is 5.56 Å². The van der Waals surface area contributed by atoms with Crippen LogP contribution in [0.15, 0.2) is 24.3 Å². The smallest absolute Gasteiger partial charge is 0.179 e. The average Bonchev–Trinajstić information content (AvgIpc) is 2.14. The lowest BCUT2D eigenvalue weighted by Crippen LogP contribution is -2.30. The van der Waals surface area contributed by atoms with E-state index in [9.17, 15) is 9.18 Å². The molecule has 1 aromatic rings. The van der Waals surface area contributed by atoms with Crippen LogP contribution in [-0.2, 0) is 0 Å². The Morgan fingerprint density at radius 2 is 2.46 bits per heavy atom. The largest absolute Gasteiger partial charge is 0.310 e. The van der Waals surface area contributed by atoms with E-state index in [0.29, 0.717) is 0 Å². The Bertz CT molecular complexity index is 392. The molecule has 0 aliphatic carbocycles. The lowest BCUT2D eigenvalue weighted by molar-refractivity contribution is 0.0954. The fraction of sp³-hybridized carbons (Fsp3) is 0.300. The van der Waals surface area contributed by atoms with Crippen molar-refractivity contribution in [2.24, 2.45) is 0 Å². The maximum absolute atomic E-state index is 12.8. The number of nitrogens with one attached hydrogen (secondary N) is 1. The summed E-state index contributed by atoms with van der Waals surface area (Å²) >= 11 is 0. The number of benzene rings is 1. The van der Waals surface area contributed by atoms with Gasteiger partial charge < -0.3 is 5.32 Å². The first kappa shape index (κ1) is 6.27. The molecule has 0 aromatic heterocycles. The molecular formula is C10H12FNO. The highest BCUT2D eigenvalue weighted by Crippen LogP contribution is 2.06. The molecule has 1 atom stereocenters. The maximum atomic E-state index is 12.8. The molecule has 1 unspecified atom stereocenters. The zero-order chi connectivity index (χ0) is 12.3. The third kappa shape index (κ3) is 2.36. The monoisotopic (exact) mass is 184 g/mol. The molecular weight excluding hydrogens is 169 g/mol. The zero-order valence-corrected chi connectivity index (χ0v) is 7.17. The van der Waals surface area contributed by atoms with Crippen LogP contribution in [0.1, 0.15) is 21.4 Å². The minimum Gasteiger partial charge on any atom is -0.310 e. The lowest BCUT2D eigenvalue weighted by Gasteiger charge is -2.08. The summed E-state index contributed by atoms with van der Waals surface area (Å²) in [5, 5.41) is 2.16. The van der Waals surface area contributed by atoms with Gasteiger partial charge in [0.05, 0.1) is 6.04 Å². The fourth-order valence-corrected chi connectivity index (χ4v) is 0.957. The van der Waals surface area contributed by atoms with E-state index >= 15 is 0 Å². The third-order valence-corrected chi connectivity index (χ3v) is 1.72. The molecule has 0 bridgehead atoms. The van der Waals surface area contributed by atoms with Gasteiger partial charge in [0.15, 0.2) is 5.78 Å². The predicted molar refractivity (Wildman–Crippen MR) is 49.3 cm³/mol. The molecule has 70 valence electrons. The fourth-order valence-electron chi connectivity index (χ4n) is 0.957. The van der Waals surface area contributed by atoms with Gasteiger partial charge in [-0.1, -0.05) is 12.1 Å². The van der Waals surface area contributed by atoms with Gasteiger partial charge in [-0.15, -0.1) is 0 Å². The van der Waals surface area contributed by atoms with Crippen molar-refractivity contribution in [1.29, 1.82) is 0 Å². The standard InChI is InChI=1S/C10H12FNO/c1-7(12-2)10(13)8-4-3-5-9(11)6-8/h3-7,12H,1-2H3/i2D3. The van der Waals surface area contributed by atoms with Crippen molar-refractivity contribution < 1.29 is 13.3 Å². The molecule has 0 radical (unpaired) electrons. The van der Waals surface area contributed by atoms with Gasteiger partial charge in [0.25, 0.3) is 0 Å². The summed E-state index contributed by atoms with van der Waals surface area (Å²) in [5.74, 6) is -0.970. The van der Waals surface area contributed by atoms with Crippen molar-refractivity contribution >= 4 is 5.78 Å². The summed E-state index contributed by atoms with van der Waals surface area (Å²) in [5.41, 5.74) is 0.157. The van der Waals surface area contributed by atoms with Gasteiger partial charge in [-0.05, 0) is 26.0 Å². The number of carbonyl (C=O) groups is 1. The Labute approximate surface area is 81.0 Å². The predicted octanol–water partition coefficient (Wildman–Crippen LogP) is 1.62. The molecule has 13 heavy (non-hydrogen) atoms. The summed E-state index contributed by atoms with van der Waals surface area (Å²) in [6.07, 6.45) is 0. The Morgan fingerprint density at radius 3 is 3.08 bits per heavy atom. The summed E-state index contributed by atoms with van der Waals surface area (Å²) < 4.78 is 33.7. The lowest BCUT2D eigenvalue weighted by atomic mass is 10.1. The van der Waals surface area contributed by atoms with Crippen LogP contribution < -0.4 is 5.32 Å². The number of rotatable bonds is 3. The topological polar surface area (TPSA) is 29.1 Å². The number of hydrogen-bond donors (Lipinski definition) is 1. The number of halogens is 1. The quantitative estimate of drug-likeness (QED) is 0.723. The Morgan fingerprint density at radius 1 is 1.69 bits per heavy atom. The van der Waals surface area contributed by atoms with E-state index in [4.69, 9.17) is 4.11 Å². The average molecular weight is 184 g/mol. The van der Waals surface area contributed by atoms with Crippen molar-refractivity contribution in [1.82, 2.24) is 5.32 Å². The summed E-state index contributed by atoms with van der Waals surface area (Å²) in [6, 6.07) is 4.28. The Balaban J connectivity index is 2.78. The summed E-state index contributed by atoms with van der Waals surface area (Å²) in [7, 11) is 0. The van der Waals surface area contributed by atoms with Crippen LogP contribution >= 0.6 is 0 Å². The highest BCUT2D eigenvalue weighted by Gasteiger charge is 2.12. The molecule has 2 nitrogen and oxygen atoms in total. The number of hydrogen-bond acceptors (Lipinski definition) is 2. The van der Waals surface area contributed by atoms with Gasteiger partial charge >= 0.3 is 0 Å². The molecule has 0 aliphatic rings. The van der Waals surface area contributed by atoms with E-state index in [1.165, 1.54) is 25.1 Å². The van der Waals surface area contributed by atoms with E-state index < -0.39 is 24.6 Å². The molecule has 0 aliphatic heterocycles. The van der Waals surface area contributed by atoms with Crippen molar-refractivity contribution in [2.45, 2.75) is 13.0 Å². The molecule has 1 aromatic carbocycles. The minimum absolute atomic E-state index is 0.157. The third-order valence-electron chi connectivity index (χ3n) is 1.72. The SMILES string of the molecule is [2H]C([2H])([2H])NC(C)C(=O)c1cccc(F)c1. The van der Waals surface area contributed by atoms with Gasteiger partial charge in [-0.25, -0.2) is 4.39 Å². The second kappa shape index (κ2) is 4.14. The van der Waals surface area contributed by atoms with Crippen molar-refractivity contribution in [3.63, 3.8) is 0 Å². The molecule has 0 saturated heterocycles. The second-order valence-corrected chi connectivity index (χ2v) is 2.74. The first-order chi connectivity index (χ1) is 7.29. The van der Waals surface area contributed by atoms with E-state index in [2.05, 4.69) is 5.32 Å². The number of Topliss-reactive ketones (excluding diaryl/α,β-unsaturated/α-hetero) is 1. The minimum atomic E-state index is -2.39. The molecule has 0 saturated carbocycles. The Hall–Kier alpha value is -1.22. The van der Waals surface area contributed by atoms with E-state index in [1.54, 1.807) is 0 Å². The van der Waals surface area contributed by atoms with Crippen molar-refractivity contribution in [3.05, 3.63) is 35.6 Å². The highest BCUT2D eigenvalue weighted by atomic mass is 19.1. The van der Waals surface area contributed by atoms with Crippen LogP contribution in [0.5, 0.6) is 0 Å². The van der Waals surface area contributed by atoms with Gasteiger partial charge in [-0.3, -0.25) is 4.79 Å². The molecule has 0 fully saturated rings. The van der Waals surface area contributed by atoms with Crippen LogP contribution in [0.3, 0.4) is 0 Å². The summed E-state index contributed by atoms with van der Waals surface area (Å²) in [6.45, 7) is -0.956. The van der Waals surface area contributed by atoms with E-state index in [0.717, 1.165) is 6.07 Å². The number of carbonyl (C=O) groups excluding carboxylic acids is 1. The number of ketones is 1. The first-order valence-electron chi connectivity index (χ1n) is 5.37. The Kier molecular flexibility index (Phi) is 2.00. The molecule has 0 amide bonds. The second-order valence-electron chi connectivity index (χ2n) is 2.74. The molecule has 1 rings (SSSR count). The molecule has 0 spiro atoms. The van der Waals surface area contributed by atoms with Crippen molar-refractivity contribution in [2.75, 3.05) is 6.98 Å². The highest BCUT2D eigenvalue weighted by molar-refractivity contribution is 5.99. The molecule has 0 heterocycles. The molecule has 1 N–H and O–H groups in total. The van der Waals surface area contributed by atoms with Crippen LogP contribution in [0.25, 0.3) is 0 Å². The normalized spacial score (nSPS) is 16.9. The van der Waals surface area contributed by atoms with Gasteiger partial charge in [0.2, 0.25) is 0 Å². The molecule has 3 heteroatoms. The summed E-state index contributed by atoms with van der Waals surface area (Å²) in [4.78, 5) is 11.7. The number of likely N-dealkylation sites (N-methyl/N-ethyl adjacent to an activating group) is 1. The van der Waals surface area contributed by atoms with Crippen LogP contribution in [0.2, 0.25) is 0 Å². The van der Waals surface area contributed by atoms with E-state index in [1.807, 2.05) is 0 Å². The van der Waals surface area contributed by atoms with Crippen LogP contribution in [0, 0.1) is 5.82 Å². The van der Waals surface area contributed by atoms with Gasteiger partial charge in [0, 0.05) is 9.68 Å². The van der Waals surface area contributed by atoms with Crippen molar-refractivity contribution in [3.8, 4) is 0 Å². The van der Waals surface area contributed by atoms with Crippen LogP contribution in [-0.4, -0.2) is 18.8 Å². The van der Waals surface area contributed by atoms with Gasteiger partial charge in [-0.2, -0.15) is 0 Å². The van der Waals surface area contributed by atoms with Crippen LogP contribution in [0.4, 0.5) is 4.39 Å². The van der Waals surface area contributed by atoms with Gasteiger partial charge in [0.1, 0.15) is 5.82 Å².